The lowest BCUT2D eigenvalue weighted by Gasteiger charge is -2.14. The van der Waals surface area contributed by atoms with Crippen LogP contribution in [0.1, 0.15) is 18.1 Å². The molecule has 0 heterocycles. The van der Waals surface area contributed by atoms with Crippen molar-refractivity contribution in [3.8, 4) is 17.2 Å². The molecule has 2 rings (SSSR count). The highest BCUT2D eigenvalue weighted by molar-refractivity contribution is 14.0. The smallest absolute Gasteiger partial charge is 0.203 e. The van der Waals surface area contributed by atoms with Crippen LogP contribution in [0.3, 0.4) is 0 Å². The molecule has 0 unspecified atom stereocenters. The van der Waals surface area contributed by atoms with Gasteiger partial charge in [0.1, 0.15) is 11.6 Å². The summed E-state index contributed by atoms with van der Waals surface area (Å²) in [5.41, 5.74) is 1.19. The molecule has 0 aliphatic rings. The van der Waals surface area contributed by atoms with E-state index in [4.69, 9.17) is 14.2 Å². The fourth-order valence-corrected chi connectivity index (χ4v) is 2.79. The second-order valence-corrected chi connectivity index (χ2v) is 6.14. The molecule has 2 N–H and O–H groups in total. The molecule has 0 amide bonds. The largest absolute Gasteiger partial charge is 0.493 e. The topological polar surface area (TPSA) is 64.1 Å². The van der Waals surface area contributed by atoms with Gasteiger partial charge in [-0.1, -0.05) is 0 Å². The van der Waals surface area contributed by atoms with Crippen LogP contribution in [0, 0.1) is 11.6 Å². The van der Waals surface area contributed by atoms with E-state index in [2.05, 4.69) is 15.6 Å². The van der Waals surface area contributed by atoms with Gasteiger partial charge >= 0.3 is 0 Å². The third-order valence-corrected chi connectivity index (χ3v) is 4.18. The number of methoxy groups -OCH3 is 3. The van der Waals surface area contributed by atoms with Gasteiger partial charge in [0.15, 0.2) is 17.5 Å². The van der Waals surface area contributed by atoms with Crippen LogP contribution < -0.4 is 24.8 Å². The zero-order chi connectivity index (χ0) is 21.2. The summed E-state index contributed by atoms with van der Waals surface area (Å²) in [6, 6.07) is 7.10. The summed E-state index contributed by atoms with van der Waals surface area (Å²) in [5, 5.41) is 6.26. The molecule has 0 saturated heterocycles. The van der Waals surface area contributed by atoms with E-state index >= 15 is 0 Å². The van der Waals surface area contributed by atoms with E-state index in [-0.39, 0.29) is 24.0 Å². The van der Waals surface area contributed by atoms with E-state index in [1.807, 2.05) is 19.1 Å². The lowest BCUT2D eigenvalue weighted by Crippen LogP contribution is -2.38. The van der Waals surface area contributed by atoms with Crippen molar-refractivity contribution in [1.82, 2.24) is 10.6 Å². The molecule has 0 aromatic heterocycles. The van der Waals surface area contributed by atoms with Gasteiger partial charge in [0.05, 0.1) is 27.9 Å². The highest BCUT2D eigenvalue weighted by atomic mass is 127. The molecule has 0 fully saturated rings. The first-order chi connectivity index (χ1) is 14.0. The number of halogens is 3. The van der Waals surface area contributed by atoms with E-state index in [1.165, 1.54) is 6.07 Å². The van der Waals surface area contributed by atoms with E-state index in [0.29, 0.717) is 54.8 Å². The molecule has 0 atom stereocenters. The first-order valence-corrected chi connectivity index (χ1v) is 9.27. The number of nitrogens with one attached hydrogen (secondary N) is 2. The third-order valence-electron chi connectivity index (χ3n) is 4.18. The molecule has 2 aromatic rings. The van der Waals surface area contributed by atoms with Crippen molar-refractivity contribution in [1.29, 1.82) is 0 Å². The van der Waals surface area contributed by atoms with Gasteiger partial charge in [0.25, 0.3) is 0 Å². The number of aliphatic imine (C=N–C) groups is 1. The summed E-state index contributed by atoms with van der Waals surface area (Å²) in [6.07, 6.45) is 0.332. The summed E-state index contributed by atoms with van der Waals surface area (Å²) < 4.78 is 43.1. The quantitative estimate of drug-likeness (QED) is 0.290. The number of hydrogen-bond acceptors (Lipinski definition) is 4. The number of ether oxygens (including phenoxy) is 3. The van der Waals surface area contributed by atoms with Crippen LogP contribution in [0.25, 0.3) is 0 Å². The molecule has 2 aromatic carbocycles. The molecule has 30 heavy (non-hydrogen) atoms. The van der Waals surface area contributed by atoms with Crippen molar-refractivity contribution in [2.45, 2.75) is 19.9 Å². The van der Waals surface area contributed by atoms with Gasteiger partial charge in [0.2, 0.25) is 5.75 Å². The molecule has 6 nitrogen and oxygen atoms in total. The van der Waals surface area contributed by atoms with Gasteiger partial charge in [-0.25, -0.2) is 13.8 Å². The highest BCUT2D eigenvalue weighted by Gasteiger charge is 2.13. The zero-order valence-corrected chi connectivity index (χ0v) is 19.9. The Morgan fingerprint density at radius 3 is 2.20 bits per heavy atom. The maximum atomic E-state index is 13.7. The number of benzene rings is 2. The summed E-state index contributed by atoms with van der Waals surface area (Å²) >= 11 is 0. The molecule has 0 bridgehead atoms. The summed E-state index contributed by atoms with van der Waals surface area (Å²) in [5.74, 6) is 1.31. The van der Waals surface area contributed by atoms with Gasteiger partial charge in [-0.3, -0.25) is 0 Å². The lowest BCUT2D eigenvalue weighted by molar-refractivity contribution is 0.324. The predicted molar refractivity (Wildman–Crippen MR) is 124 cm³/mol. The summed E-state index contributed by atoms with van der Waals surface area (Å²) in [4.78, 5) is 4.54. The molecular formula is C21H28F2IN3O3. The minimum Gasteiger partial charge on any atom is -0.493 e. The standard InChI is InChI=1S/C21H27F2N3O3.HI/c1-5-24-21(25-9-8-15-12-16(22)6-7-17(15)23)26-13-14-10-18(27-2)20(29-4)19(11-14)28-3;/h6-7,10-12H,5,8-9,13H2,1-4H3,(H2,24,25,26);1H. The fraction of sp³-hybridized carbons (Fsp3) is 0.381. The molecule has 166 valence electrons. The Labute approximate surface area is 193 Å². The number of guanidine groups is 1. The van der Waals surface area contributed by atoms with Gasteiger partial charge in [-0.15, -0.1) is 24.0 Å². The summed E-state index contributed by atoms with van der Waals surface area (Å²) in [7, 11) is 4.66. The normalized spacial score (nSPS) is 10.8. The average Bonchev–Trinajstić information content (AvgIpc) is 2.73. The van der Waals surface area contributed by atoms with Crippen LogP contribution in [0.4, 0.5) is 8.78 Å². The Bertz CT molecular complexity index is 825. The maximum Gasteiger partial charge on any atom is 0.203 e. The SMILES string of the molecule is CCNC(=NCc1cc(OC)c(OC)c(OC)c1)NCCc1cc(F)ccc1F.I. The second kappa shape index (κ2) is 13.1. The van der Waals surface area contributed by atoms with E-state index in [1.54, 1.807) is 21.3 Å². The first kappa shape index (κ1) is 25.7. The maximum absolute atomic E-state index is 13.7. The Morgan fingerprint density at radius 1 is 0.967 bits per heavy atom. The van der Waals surface area contributed by atoms with Gasteiger partial charge in [-0.05, 0) is 54.8 Å². The Morgan fingerprint density at radius 2 is 1.63 bits per heavy atom. The van der Waals surface area contributed by atoms with Crippen LogP contribution in [0.5, 0.6) is 17.2 Å². The van der Waals surface area contributed by atoms with Gasteiger partial charge in [-0.2, -0.15) is 0 Å². The van der Waals surface area contributed by atoms with Crippen molar-refractivity contribution in [2.75, 3.05) is 34.4 Å². The van der Waals surface area contributed by atoms with Crippen molar-refractivity contribution in [3.05, 3.63) is 53.1 Å². The lowest BCUT2D eigenvalue weighted by atomic mass is 10.1. The van der Waals surface area contributed by atoms with E-state index in [9.17, 15) is 8.78 Å². The molecule has 0 spiro atoms. The molecule has 9 heteroatoms. The number of rotatable bonds is 9. The average molecular weight is 535 g/mol. The number of nitrogens with zero attached hydrogens (tertiary/aromatic N) is 1. The second-order valence-electron chi connectivity index (χ2n) is 6.14. The molecule has 0 radical (unpaired) electrons. The van der Waals surface area contributed by atoms with Crippen molar-refractivity contribution < 1.29 is 23.0 Å². The Hall–Kier alpha value is -2.30. The molecule has 0 saturated carbocycles. The molecule has 0 aliphatic carbocycles. The van der Waals surface area contributed by atoms with E-state index in [0.717, 1.165) is 17.7 Å². The van der Waals surface area contributed by atoms with Crippen molar-refractivity contribution in [3.63, 3.8) is 0 Å². The van der Waals surface area contributed by atoms with Crippen molar-refractivity contribution in [2.24, 2.45) is 4.99 Å². The first-order valence-electron chi connectivity index (χ1n) is 9.27. The zero-order valence-electron chi connectivity index (χ0n) is 17.6. The molecular weight excluding hydrogens is 507 g/mol. The summed E-state index contributed by atoms with van der Waals surface area (Å²) in [6.45, 7) is 3.38. The number of hydrogen-bond donors (Lipinski definition) is 2. The van der Waals surface area contributed by atoms with Crippen LogP contribution in [-0.4, -0.2) is 40.4 Å². The van der Waals surface area contributed by atoms with Crippen LogP contribution in [0.15, 0.2) is 35.3 Å². The minimum absolute atomic E-state index is 0. The highest BCUT2D eigenvalue weighted by Crippen LogP contribution is 2.38. The van der Waals surface area contributed by atoms with Crippen LogP contribution in [0.2, 0.25) is 0 Å². The van der Waals surface area contributed by atoms with Crippen molar-refractivity contribution >= 4 is 29.9 Å². The monoisotopic (exact) mass is 535 g/mol. The van der Waals surface area contributed by atoms with Crippen LogP contribution in [-0.2, 0) is 13.0 Å². The third kappa shape index (κ3) is 7.19. The fourth-order valence-electron chi connectivity index (χ4n) is 2.79. The minimum atomic E-state index is -0.454. The molecule has 0 aliphatic heterocycles. The van der Waals surface area contributed by atoms with Crippen LogP contribution >= 0.6 is 24.0 Å². The van der Waals surface area contributed by atoms with Gasteiger partial charge in [0, 0.05) is 13.1 Å². The Kier molecular flexibility index (Phi) is 11.2. The van der Waals surface area contributed by atoms with E-state index < -0.39 is 11.6 Å². The predicted octanol–water partition coefficient (Wildman–Crippen LogP) is 3.91. The Balaban J connectivity index is 0.00000450. The van der Waals surface area contributed by atoms with Gasteiger partial charge < -0.3 is 24.8 Å².